The smallest absolute Gasteiger partial charge is 0.220 e. The van der Waals surface area contributed by atoms with Crippen molar-refractivity contribution in [2.75, 3.05) is 25.1 Å². The summed E-state index contributed by atoms with van der Waals surface area (Å²) >= 11 is 3.28. The Balaban J connectivity index is 3.24. The van der Waals surface area contributed by atoms with Gasteiger partial charge in [-0.2, -0.15) is 0 Å². The Bertz CT molecular complexity index is 165. The minimum atomic E-state index is 0.157. The summed E-state index contributed by atoms with van der Waals surface area (Å²) in [6, 6.07) is 0. The van der Waals surface area contributed by atoms with Crippen LogP contribution < -0.4 is 5.32 Å². The number of ether oxygens (including phenoxy) is 1. The fraction of sp³-hybridized carbons (Fsp3) is 0.909. The number of nitrogens with one attached hydrogen (secondary N) is 1. The van der Waals surface area contributed by atoms with Crippen LogP contribution in [0.1, 0.15) is 33.1 Å². The standard InChI is InChI=1S/C11H22BrNO2/c1-3-10(2)9-11(14)13-6-4-7-15-8-5-12/h10H,3-9H2,1-2H3,(H,13,14). The third-order valence-corrected chi connectivity index (χ3v) is 2.56. The molecular weight excluding hydrogens is 258 g/mol. The van der Waals surface area contributed by atoms with Crippen LogP contribution in [-0.2, 0) is 9.53 Å². The summed E-state index contributed by atoms with van der Waals surface area (Å²) in [7, 11) is 0. The second-order valence-electron chi connectivity index (χ2n) is 3.72. The quantitative estimate of drug-likeness (QED) is 0.520. The van der Waals surface area contributed by atoms with Crippen LogP contribution in [0.3, 0.4) is 0 Å². The molecule has 0 radical (unpaired) electrons. The van der Waals surface area contributed by atoms with Crippen LogP contribution in [0.25, 0.3) is 0 Å². The van der Waals surface area contributed by atoms with Gasteiger partial charge in [0.1, 0.15) is 0 Å². The van der Waals surface area contributed by atoms with Crippen molar-refractivity contribution in [3.8, 4) is 0 Å². The minimum Gasteiger partial charge on any atom is -0.381 e. The summed E-state index contributed by atoms with van der Waals surface area (Å²) < 4.78 is 5.27. The second-order valence-corrected chi connectivity index (χ2v) is 4.52. The zero-order valence-electron chi connectivity index (χ0n) is 9.72. The Morgan fingerprint density at radius 2 is 2.20 bits per heavy atom. The van der Waals surface area contributed by atoms with Crippen LogP contribution in [0.4, 0.5) is 0 Å². The molecule has 0 heterocycles. The van der Waals surface area contributed by atoms with E-state index in [1.54, 1.807) is 0 Å². The second kappa shape index (κ2) is 10.4. The first kappa shape index (κ1) is 14.9. The van der Waals surface area contributed by atoms with Gasteiger partial charge in [-0.05, 0) is 12.3 Å². The summed E-state index contributed by atoms with van der Waals surface area (Å²) in [5.41, 5.74) is 0. The van der Waals surface area contributed by atoms with E-state index in [0.29, 0.717) is 12.3 Å². The van der Waals surface area contributed by atoms with Crippen LogP contribution in [0.15, 0.2) is 0 Å². The fourth-order valence-corrected chi connectivity index (χ4v) is 1.32. The Morgan fingerprint density at radius 3 is 2.80 bits per heavy atom. The number of alkyl halides is 1. The average Bonchev–Trinajstić information content (AvgIpc) is 2.23. The molecule has 4 heteroatoms. The molecule has 0 bridgehead atoms. The van der Waals surface area contributed by atoms with E-state index in [-0.39, 0.29) is 5.91 Å². The Kier molecular flexibility index (Phi) is 10.4. The lowest BCUT2D eigenvalue weighted by Crippen LogP contribution is -2.26. The molecule has 0 aromatic carbocycles. The number of amides is 1. The van der Waals surface area contributed by atoms with Crippen molar-refractivity contribution < 1.29 is 9.53 Å². The Labute approximate surface area is 101 Å². The molecule has 0 aliphatic heterocycles. The van der Waals surface area contributed by atoms with E-state index in [4.69, 9.17) is 4.74 Å². The van der Waals surface area contributed by atoms with Gasteiger partial charge in [-0.1, -0.05) is 36.2 Å². The average molecular weight is 280 g/mol. The van der Waals surface area contributed by atoms with Crippen molar-refractivity contribution in [1.29, 1.82) is 0 Å². The molecule has 0 aliphatic carbocycles. The Morgan fingerprint density at radius 1 is 1.47 bits per heavy atom. The van der Waals surface area contributed by atoms with Gasteiger partial charge in [0, 0.05) is 24.9 Å². The maximum absolute atomic E-state index is 11.3. The number of halogens is 1. The van der Waals surface area contributed by atoms with Crippen LogP contribution >= 0.6 is 15.9 Å². The Hall–Kier alpha value is -0.0900. The van der Waals surface area contributed by atoms with E-state index in [1.807, 2.05) is 0 Å². The summed E-state index contributed by atoms with van der Waals surface area (Å²) in [6.07, 6.45) is 2.58. The zero-order chi connectivity index (χ0) is 11.5. The predicted octanol–water partition coefficient (Wildman–Crippen LogP) is 2.34. The van der Waals surface area contributed by atoms with Gasteiger partial charge in [-0.15, -0.1) is 0 Å². The maximum Gasteiger partial charge on any atom is 0.220 e. The molecule has 15 heavy (non-hydrogen) atoms. The highest BCUT2D eigenvalue weighted by Gasteiger charge is 2.05. The lowest BCUT2D eigenvalue weighted by Gasteiger charge is -2.09. The molecule has 0 aromatic rings. The fourth-order valence-electron chi connectivity index (χ4n) is 1.09. The van der Waals surface area contributed by atoms with Gasteiger partial charge < -0.3 is 10.1 Å². The van der Waals surface area contributed by atoms with Gasteiger partial charge in [0.15, 0.2) is 0 Å². The first-order valence-electron chi connectivity index (χ1n) is 5.61. The van der Waals surface area contributed by atoms with Crippen molar-refractivity contribution >= 4 is 21.8 Å². The van der Waals surface area contributed by atoms with Crippen molar-refractivity contribution in [3.05, 3.63) is 0 Å². The third kappa shape index (κ3) is 10.2. The molecule has 1 amide bonds. The summed E-state index contributed by atoms with van der Waals surface area (Å²) in [5, 5.41) is 3.76. The molecule has 0 fully saturated rings. The van der Waals surface area contributed by atoms with E-state index in [2.05, 4.69) is 35.1 Å². The lowest BCUT2D eigenvalue weighted by atomic mass is 10.1. The molecule has 0 spiro atoms. The highest BCUT2D eigenvalue weighted by Crippen LogP contribution is 2.05. The molecular formula is C11H22BrNO2. The van der Waals surface area contributed by atoms with Gasteiger partial charge in [-0.3, -0.25) is 4.79 Å². The molecule has 90 valence electrons. The lowest BCUT2D eigenvalue weighted by molar-refractivity contribution is -0.121. The number of rotatable bonds is 9. The van der Waals surface area contributed by atoms with Crippen LogP contribution in [0, 0.1) is 5.92 Å². The van der Waals surface area contributed by atoms with E-state index < -0.39 is 0 Å². The van der Waals surface area contributed by atoms with E-state index in [0.717, 1.165) is 37.9 Å². The number of hydrogen-bond acceptors (Lipinski definition) is 2. The molecule has 1 atom stereocenters. The van der Waals surface area contributed by atoms with E-state index >= 15 is 0 Å². The van der Waals surface area contributed by atoms with Gasteiger partial charge in [0.25, 0.3) is 0 Å². The molecule has 3 nitrogen and oxygen atoms in total. The first-order chi connectivity index (χ1) is 7.20. The van der Waals surface area contributed by atoms with E-state index in [9.17, 15) is 4.79 Å². The van der Waals surface area contributed by atoms with Crippen molar-refractivity contribution in [3.63, 3.8) is 0 Å². The molecule has 0 saturated heterocycles. The third-order valence-electron chi connectivity index (χ3n) is 2.24. The molecule has 0 rings (SSSR count). The van der Waals surface area contributed by atoms with Crippen molar-refractivity contribution in [2.45, 2.75) is 33.1 Å². The molecule has 0 aromatic heterocycles. The number of carbonyl (C=O) groups excluding carboxylic acids is 1. The number of hydrogen-bond donors (Lipinski definition) is 1. The van der Waals surface area contributed by atoms with Crippen LogP contribution in [-0.4, -0.2) is 31.0 Å². The first-order valence-corrected chi connectivity index (χ1v) is 6.73. The maximum atomic E-state index is 11.3. The SMILES string of the molecule is CCC(C)CC(=O)NCCCOCCBr. The van der Waals surface area contributed by atoms with Crippen LogP contribution in [0.2, 0.25) is 0 Å². The van der Waals surface area contributed by atoms with E-state index in [1.165, 1.54) is 0 Å². The molecule has 1 unspecified atom stereocenters. The largest absolute Gasteiger partial charge is 0.381 e. The highest BCUT2D eigenvalue weighted by molar-refractivity contribution is 9.09. The highest BCUT2D eigenvalue weighted by atomic mass is 79.9. The van der Waals surface area contributed by atoms with Gasteiger partial charge in [-0.25, -0.2) is 0 Å². The van der Waals surface area contributed by atoms with Crippen molar-refractivity contribution in [1.82, 2.24) is 5.32 Å². The zero-order valence-corrected chi connectivity index (χ0v) is 11.3. The molecule has 0 saturated carbocycles. The van der Waals surface area contributed by atoms with Gasteiger partial charge in [0.05, 0.1) is 6.61 Å². The van der Waals surface area contributed by atoms with Gasteiger partial charge >= 0.3 is 0 Å². The van der Waals surface area contributed by atoms with Crippen LogP contribution in [0.5, 0.6) is 0 Å². The summed E-state index contributed by atoms with van der Waals surface area (Å²) in [4.78, 5) is 11.3. The normalized spacial score (nSPS) is 12.5. The monoisotopic (exact) mass is 279 g/mol. The molecule has 0 aliphatic rings. The topological polar surface area (TPSA) is 38.3 Å². The minimum absolute atomic E-state index is 0.157. The summed E-state index contributed by atoms with van der Waals surface area (Å²) in [5.74, 6) is 0.638. The van der Waals surface area contributed by atoms with Crippen molar-refractivity contribution in [2.24, 2.45) is 5.92 Å². The van der Waals surface area contributed by atoms with Gasteiger partial charge in [0.2, 0.25) is 5.91 Å². The number of carbonyl (C=O) groups is 1. The predicted molar refractivity (Wildman–Crippen MR) is 66.3 cm³/mol. The molecule has 1 N–H and O–H groups in total. The summed E-state index contributed by atoms with van der Waals surface area (Å²) in [6.45, 7) is 6.37.